The number of aliphatic imine (C=N–C) groups is 1. The van der Waals surface area contributed by atoms with Crippen LogP contribution in [0.1, 0.15) is 32.4 Å². The second-order valence-corrected chi connectivity index (χ2v) is 6.68. The molecule has 2 N–H and O–H groups in total. The molecular weight excluding hydrogens is 340 g/mol. The molecule has 0 saturated carbocycles. The SMILES string of the molecule is CN=C(NCCOc1cccnc1)NC(C)c1ccc(OCC(C)C)cc1. The van der Waals surface area contributed by atoms with E-state index in [2.05, 4.69) is 53.5 Å². The second kappa shape index (κ2) is 11.1. The van der Waals surface area contributed by atoms with Crippen LogP contribution in [-0.4, -0.2) is 37.7 Å². The molecule has 0 radical (unpaired) electrons. The fourth-order valence-electron chi connectivity index (χ4n) is 2.37. The van der Waals surface area contributed by atoms with Crippen LogP contribution in [0.15, 0.2) is 53.8 Å². The van der Waals surface area contributed by atoms with Gasteiger partial charge in [0.15, 0.2) is 5.96 Å². The van der Waals surface area contributed by atoms with Gasteiger partial charge in [0.05, 0.1) is 25.4 Å². The van der Waals surface area contributed by atoms with E-state index in [1.807, 2.05) is 24.3 Å². The van der Waals surface area contributed by atoms with Crippen LogP contribution in [0.25, 0.3) is 0 Å². The van der Waals surface area contributed by atoms with Crippen LogP contribution >= 0.6 is 0 Å². The maximum atomic E-state index is 5.73. The third-order valence-electron chi connectivity index (χ3n) is 3.84. The first-order valence-electron chi connectivity index (χ1n) is 9.31. The molecule has 0 amide bonds. The lowest BCUT2D eigenvalue weighted by molar-refractivity contribution is 0.271. The Morgan fingerprint density at radius 3 is 2.48 bits per heavy atom. The standard InChI is InChI=1S/C21H30N4O2/c1-16(2)15-27-19-9-7-18(8-10-19)17(3)25-21(22-4)24-12-13-26-20-6-5-11-23-14-20/h5-11,14,16-17H,12-13,15H2,1-4H3,(H2,22,24,25). The molecule has 146 valence electrons. The van der Waals surface area contributed by atoms with Crippen molar-refractivity contribution in [1.29, 1.82) is 0 Å². The van der Waals surface area contributed by atoms with Crippen molar-refractivity contribution >= 4 is 5.96 Å². The predicted molar refractivity (Wildman–Crippen MR) is 109 cm³/mol. The van der Waals surface area contributed by atoms with E-state index in [0.29, 0.717) is 19.1 Å². The molecule has 0 bridgehead atoms. The van der Waals surface area contributed by atoms with Gasteiger partial charge in [-0.25, -0.2) is 0 Å². The van der Waals surface area contributed by atoms with Crippen LogP contribution in [0.5, 0.6) is 11.5 Å². The number of nitrogens with one attached hydrogen (secondary N) is 2. The molecule has 0 spiro atoms. The highest BCUT2D eigenvalue weighted by molar-refractivity contribution is 5.80. The van der Waals surface area contributed by atoms with Crippen LogP contribution in [-0.2, 0) is 0 Å². The Labute approximate surface area is 162 Å². The number of hydrogen-bond donors (Lipinski definition) is 2. The van der Waals surface area contributed by atoms with Gasteiger partial charge in [-0.05, 0) is 42.7 Å². The van der Waals surface area contributed by atoms with E-state index >= 15 is 0 Å². The summed E-state index contributed by atoms with van der Waals surface area (Å²) < 4.78 is 11.4. The molecule has 0 saturated heterocycles. The zero-order chi connectivity index (χ0) is 19.5. The zero-order valence-electron chi connectivity index (χ0n) is 16.6. The van der Waals surface area contributed by atoms with Crippen molar-refractivity contribution in [2.45, 2.75) is 26.8 Å². The minimum atomic E-state index is 0.120. The number of nitrogens with zero attached hydrogens (tertiary/aromatic N) is 2. The highest BCUT2D eigenvalue weighted by Crippen LogP contribution is 2.18. The Hall–Kier alpha value is -2.76. The molecule has 27 heavy (non-hydrogen) atoms. The molecule has 1 atom stereocenters. The number of ether oxygens (including phenoxy) is 2. The quantitative estimate of drug-likeness (QED) is 0.402. The molecule has 0 aliphatic carbocycles. The maximum absolute atomic E-state index is 5.73. The smallest absolute Gasteiger partial charge is 0.191 e. The Morgan fingerprint density at radius 2 is 1.85 bits per heavy atom. The Balaban J connectivity index is 1.76. The minimum Gasteiger partial charge on any atom is -0.493 e. The summed E-state index contributed by atoms with van der Waals surface area (Å²) in [5.41, 5.74) is 1.17. The fourth-order valence-corrected chi connectivity index (χ4v) is 2.37. The molecule has 1 aromatic heterocycles. The Morgan fingerprint density at radius 1 is 1.07 bits per heavy atom. The van der Waals surface area contributed by atoms with Gasteiger partial charge in [0, 0.05) is 13.2 Å². The summed E-state index contributed by atoms with van der Waals surface area (Å²) in [6.07, 6.45) is 3.42. The van der Waals surface area contributed by atoms with Crippen molar-refractivity contribution in [1.82, 2.24) is 15.6 Å². The van der Waals surface area contributed by atoms with E-state index in [1.165, 1.54) is 5.56 Å². The van der Waals surface area contributed by atoms with Gasteiger partial charge in [-0.3, -0.25) is 9.98 Å². The summed E-state index contributed by atoms with van der Waals surface area (Å²) >= 11 is 0. The zero-order valence-corrected chi connectivity index (χ0v) is 16.6. The van der Waals surface area contributed by atoms with Gasteiger partial charge in [-0.1, -0.05) is 26.0 Å². The minimum absolute atomic E-state index is 0.120. The molecule has 1 aromatic carbocycles. The van der Waals surface area contributed by atoms with Crippen LogP contribution in [0, 0.1) is 5.92 Å². The van der Waals surface area contributed by atoms with E-state index in [1.54, 1.807) is 19.4 Å². The summed E-state index contributed by atoms with van der Waals surface area (Å²) in [5.74, 6) is 2.91. The number of benzene rings is 1. The van der Waals surface area contributed by atoms with E-state index in [4.69, 9.17) is 9.47 Å². The summed E-state index contributed by atoms with van der Waals surface area (Å²) in [5, 5.41) is 6.63. The van der Waals surface area contributed by atoms with Gasteiger partial charge >= 0.3 is 0 Å². The van der Waals surface area contributed by atoms with E-state index in [-0.39, 0.29) is 6.04 Å². The van der Waals surface area contributed by atoms with Gasteiger partial charge in [0.2, 0.25) is 0 Å². The molecule has 6 heteroatoms. The Bertz CT molecular complexity index is 687. The summed E-state index contributed by atoms with van der Waals surface area (Å²) in [4.78, 5) is 8.29. The first-order valence-corrected chi connectivity index (χ1v) is 9.31. The number of hydrogen-bond acceptors (Lipinski definition) is 4. The first kappa shape index (κ1) is 20.6. The van der Waals surface area contributed by atoms with Crippen LogP contribution in [0.3, 0.4) is 0 Å². The van der Waals surface area contributed by atoms with E-state index in [9.17, 15) is 0 Å². The van der Waals surface area contributed by atoms with Gasteiger partial charge < -0.3 is 20.1 Å². The van der Waals surface area contributed by atoms with Crippen LogP contribution in [0.2, 0.25) is 0 Å². The number of pyridine rings is 1. The third kappa shape index (κ3) is 7.56. The number of aromatic nitrogens is 1. The van der Waals surface area contributed by atoms with Crippen LogP contribution < -0.4 is 20.1 Å². The monoisotopic (exact) mass is 370 g/mol. The molecular formula is C21H30N4O2. The number of rotatable bonds is 9. The maximum Gasteiger partial charge on any atom is 0.191 e. The van der Waals surface area contributed by atoms with Crippen molar-refractivity contribution in [3.8, 4) is 11.5 Å². The van der Waals surface area contributed by atoms with Crippen molar-refractivity contribution in [2.24, 2.45) is 10.9 Å². The summed E-state index contributed by atoms with van der Waals surface area (Å²) in [7, 11) is 1.76. The highest BCUT2D eigenvalue weighted by atomic mass is 16.5. The fraction of sp³-hybridized carbons (Fsp3) is 0.429. The normalized spacial score (nSPS) is 12.6. The average Bonchev–Trinajstić information content (AvgIpc) is 2.69. The molecule has 0 aliphatic rings. The van der Waals surface area contributed by atoms with Gasteiger partial charge in [0.1, 0.15) is 18.1 Å². The van der Waals surface area contributed by atoms with E-state index in [0.717, 1.165) is 24.1 Å². The average molecular weight is 370 g/mol. The molecule has 6 nitrogen and oxygen atoms in total. The molecule has 2 rings (SSSR count). The van der Waals surface area contributed by atoms with Crippen LogP contribution in [0.4, 0.5) is 0 Å². The van der Waals surface area contributed by atoms with Gasteiger partial charge in [0.25, 0.3) is 0 Å². The van der Waals surface area contributed by atoms with Crippen molar-refractivity contribution in [3.63, 3.8) is 0 Å². The lowest BCUT2D eigenvalue weighted by Gasteiger charge is -2.19. The van der Waals surface area contributed by atoms with E-state index < -0.39 is 0 Å². The first-order chi connectivity index (χ1) is 13.1. The molecule has 0 aliphatic heterocycles. The summed E-state index contributed by atoms with van der Waals surface area (Å²) in [6.45, 7) is 8.28. The number of guanidine groups is 1. The summed E-state index contributed by atoms with van der Waals surface area (Å²) in [6, 6.07) is 12.0. The molecule has 1 heterocycles. The molecule has 2 aromatic rings. The van der Waals surface area contributed by atoms with Crippen molar-refractivity contribution in [2.75, 3.05) is 26.8 Å². The lowest BCUT2D eigenvalue weighted by Crippen LogP contribution is -2.40. The topological polar surface area (TPSA) is 67.8 Å². The third-order valence-corrected chi connectivity index (χ3v) is 3.84. The predicted octanol–water partition coefficient (Wildman–Crippen LogP) is 3.42. The highest BCUT2D eigenvalue weighted by Gasteiger charge is 2.08. The Kier molecular flexibility index (Phi) is 8.42. The lowest BCUT2D eigenvalue weighted by atomic mass is 10.1. The molecule has 0 fully saturated rings. The van der Waals surface area contributed by atoms with Crippen molar-refractivity contribution in [3.05, 3.63) is 54.4 Å². The van der Waals surface area contributed by atoms with Gasteiger partial charge in [-0.15, -0.1) is 0 Å². The van der Waals surface area contributed by atoms with Crippen molar-refractivity contribution < 1.29 is 9.47 Å². The van der Waals surface area contributed by atoms with Gasteiger partial charge in [-0.2, -0.15) is 0 Å². The molecule has 1 unspecified atom stereocenters. The largest absolute Gasteiger partial charge is 0.493 e. The second-order valence-electron chi connectivity index (χ2n) is 6.68.